The van der Waals surface area contributed by atoms with Gasteiger partial charge in [-0.1, -0.05) is 0 Å². The smallest absolute Gasteiger partial charge is 0.221 e. The standard InChI is InChI=1S/C9H20N2O3S/c1-4-11-8(12)5-6-15(13,14)7-9(2,3)10/h4-7,10H2,1-3H3,(H,11,12). The molecule has 0 aromatic rings. The molecule has 6 heteroatoms. The van der Waals surface area contributed by atoms with Crippen LogP contribution in [0.4, 0.5) is 0 Å². The van der Waals surface area contributed by atoms with Crippen LogP contribution in [-0.2, 0) is 14.6 Å². The predicted octanol–water partition coefficient (Wildman–Crippen LogP) is -0.335. The van der Waals surface area contributed by atoms with Crippen molar-refractivity contribution in [1.82, 2.24) is 5.32 Å². The first-order valence-electron chi connectivity index (χ1n) is 4.92. The molecule has 0 bridgehead atoms. The van der Waals surface area contributed by atoms with Crippen molar-refractivity contribution in [2.45, 2.75) is 32.7 Å². The maximum absolute atomic E-state index is 11.5. The molecule has 1 amide bonds. The van der Waals surface area contributed by atoms with Crippen LogP contribution < -0.4 is 11.1 Å². The summed E-state index contributed by atoms with van der Waals surface area (Å²) in [5.74, 6) is -0.477. The molecule has 0 spiro atoms. The van der Waals surface area contributed by atoms with Gasteiger partial charge in [0.05, 0.1) is 11.5 Å². The highest BCUT2D eigenvalue weighted by Crippen LogP contribution is 2.04. The third kappa shape index (κ3) is 8.38. The third-order valence-electron chi connectivity index (χ3n) is 1.61. The molecule has 0 aromatic heterocycles. The van der Waals surface area contributed by atoms with Crippen LogP contribution in [0.25, 0.3) is 0 Å². The summed E-state index contributed by atoms with van der Waals surface area (Å²) >= 11 is 0. The molecular formula is C9H20N2O3S. The zero-order valence-electron chi connectivity index (χ0n) is 9.54. The molecule has 5 nitrogen and oxygen atoms in total. The Hall–Kier alpha value is -0.620. The van der Waals surface area contributed by atoms with Crippen LogP contribution in [0.5, 0.6) is 0 Å². The first-order chi connectivity index (χ1) is 6.66. The van der Waals surface area contributed by atoms with Crippen molar-refractivity contribution < 1.29 is 13.2 Å². The molecule has 0 radical (unpaired) electrons. The van der Waals surface area contributed by atoms with E-state index in [2.05, 4.69) is 5.32 Å². The van der Waals surface area contributed by atoms with Crippen LogP contribution in [-0.4, -0.2) is 37.9 Å². The average molecular weight is 236 g/mol. The van der Waals surface area contributed by atoms with Crippen molar-refractivity contribution in [3.05, 3.63) is 0 Å². The van der Waals surface area contributed by atoms with Gasteiger partial charge in [-0.3, -0.25) is 4.79 Å². The molecule has 0 aromatic carbocycles. The first kappa shape index (κ1) is 14.4. The van der Waals surface area contributed by atoms with Gasteiger partial charge in [-0.2, -0.15) is 0 Å². The van der Waals surface area contributed by atoms with E-state index in [0.717, 1.165) is 0 Å². The van der Waals surface area contributed by atoms with Gasteiger partial charge in [0.1, 0.15) is 0 Å². The minimum atomic E-state index is -3.24. The molecule has 0 aliphatic heterocycles. The molecule has 15 heavy (non-hydrogen) atoms. The largest absolute Gasteiger partial charge is 0.356 e. The van der Waals surface area contributed by atoms with Gasteiger partial charge in [-0.25, -0.2) is 8.42 Å². The number of nitrogens with two attached hydrogens (primary N) is 1. The molecule has 0 heterocycles. The summed E-state index contributed by atoms with van der Waals surface area (Å²) in [6.45, 7) is 5.60. The Morgan fingerprint density at radius 2 is 1.93 bits per heavy atom. The van der Waals surface area contributed by atoms with E-state index < -0.39 is 15.4 Å². The minimum Gasteiger partial charge on any atom is -0.356 e. The fraction of sp³-hybridized carbons (Fsp3) is 0.889. The molecule has 0 saturated heterocycles. The van der Waals surface area contributed by atoms with Gasteiger partial charge in [-0.05, 0) is 20.8 Å². The number of hydrogen-bond acceptors (Lipinski definition) is 4. The maximum Gasteiger partial charge on any atom is 0.221 e. The van der Waals surface area contributed by atoms with E-state index in [9.17, 15) is 13.2 Å². The van der Waals surface area contributed by atoms with Crippen molar-refractivity contribution >= 4 is 15.7 Å². The summed E-state index contributed by atoms with van der Waals surface area (Å²) in [6.07, 6.45) is 0.00620. The summed E-state index contributed by atoms with van der Waals surface area (Å²) in [5, 5.41) is 2.55. The van der Waals surface area contributed by atoms with Crippen LogP contribution in [0.1, 0.15) is 27.2 Å². The molecular weight excluding hydrogens is 216 g/mol. The van der Waals surface area contributed by atoms with Crippen LogP contribution in [0.3, 0.4) is 0 Å². The summed E-state index contributed by atoms with van der Waals surface area (Å²) in [7, 11) is -3.24. The van der Waals surface area contributed by atoms with Crippen LogP contribution >= 0.6 is 0 Å². The highest BCUT2D eigenvalue weighted by molar-refractivity contribution is 7.91. The molecule has 0 rings (SSSR count). The Bertz CT molecular complexity index is 304. The second kappa shape index (κ2) is 5.46. The maximum atomic E-state index is 11.5. The van der Waals surface area contributed by atoms with E-state index in [0.29, 0.717) is 6.54 Å². The van der Waals surface area contributed by atoms with E-state index in [1.165, 1.54) is 0 Å². The van der Waals surface area contributed by atoms with E-state index >= 15 is 0 Å². The molecule has 0 aliphatic carbocycles. The van der Waals surface area contributed by atoms with Gasteiger partial charge in [0, 0.05) is 18.5 Å². The molecule has 0 fully saturated rings. The second-order valence-electron chi connectivity index (χ2n) is 4.28. The number of hydrogen-bond donors (Lipinski definition) is 2. The Labute approximate surface area is 91.3 Å². The number of rotatable bonds is 6. The molecule has 3 N–H and O–H groups in total. The Kier molecular flexibility index (Phi) is 5.23. The lowest BCUT2D eigenvalue weighted by Crippen LogP contribution is -2.41. The van der Waals surface area contributed by atoms with Crippen LogP contribution in [0, 0.1) is 0 Å². The summed E-state index contributed by atoms with van der Waals surface area (Å²) < 4.78 is 23.0. The van der Waals surface area contributed by atoms with Gasteiger partial charge in [-0.15, -0.1) is 0 Å². The lowest BCUT2D eigenvalue weighted by molar-refractivity contribution is -0.120. The van der Waals surface area contributed by atoms with Gasteiger partial charge in [0.15, 0.2) is 9.84 Å². The Morgan fingerprint density at radius 1 is 1.40 bits per heavy atom. The monoisotopic (exact) mass is 236 g/mol. The van der Waals surface area contributed by atoms with Crippen LogP contribution in [0.2, 0.25) is 0 Å². The average Bonchev–Trinajstić information content (AvgIpc) is 1.97. The predicted molar refractivity (Wildman–Crippen MR) is 60.2 cm³/mol. The Morgan fingerprint density at radius 3 is 2.33 bits per heavy atom. The number of carbonyl (C=O) groups excluding carboxylic acids is 1. The van der Waals surface area contributed by atoms with E-state index in [-0.39, 0.29) is 23.8 Å². The quantitative estimate of drug-likeness (QED) is 0.660. The lowest BCUT2D eigenvalue weighted by Gasteiger charge is -2.17. The fourth-order valence-electron chi connectivity index (χ4n) is 1.17. The zero-order chi connectivity index (χ0) is 12.1. The summed E-state index contributed by atoms with van der Waals surface area (Å²) in [5.41, 5.74) is 4.86. The SMILES string of the molecule is CCNC(=O)CCS(=O)(=O)CC(C)(C)N. The lowest BCUT2D eigenvalue weighted by atomic mass is 10.1. The van der Waals surface area contributed by atoms with E-state index in [1.54, 1.807) is 20.8 Å². The van der Waals surface area contributed by atoms with Gasteiger partial charge < -0.3 is 11.1 Å². The molecule has 0 aliphatic rings. The fourth-order valence-corrected chi connectivity index (χ4v) is 2.95. The van der Waals surface area contributed by atoms with E-state index in [1.807, 2.05) is 0 Å². The topological polar surface area (TPSA) is 89.3 Å². The number of sulfone groups is 1. The molecule has 90 valence electrons. The van der Waals surface area contributed by atoms with Gasteiger partial charge >= 0.3 is 0 Å². The Balaban J connectivity index is 4.12. The van der Waals surface area contributed by atoms with Crippen LogP contribution in [0.15, 0.2) is 0 Å². The number of nitrogens with one attached hydrogen (secondary N) is 1. The highest BCUT2D eigenvalue weighted by atomic mass is 32.2. The first-order valence-corrected chi connectivity index (χ1v) is 6.74. The van der Waals surface area contributed by atoms with Crippen molar-refractivity contribution in [2.24, 2.45) is 5.73 Å². The van der Waals surface area contributed by atoms with Crippen molar-refractivity contribution in [1.29, 1.82) is 0 Å². The highest BCUT2D eigenvalue weighted by Gasteiger charge is 2.22. The summed E-state index contributed by atoms with van der Waals surface area (Å²) in [6, 6.07) is 0. The second-order valence-corrected chi connectivity index (χ2v) is 6.47. The number of amides is 1. The zero-order valence-corrected chi connectivity index (χ0v) is 10.4. The third-order valence-corrected chi connectivity index (χ3v) is 3.62. The molecule has 0 unspecified atom stereocenters. The van der Waals surface area contributed by atoms with Gasteiger partial charge in [0.25, 0.3) is 0 Å². The number of carbonyl (C=O) groups is 1. The van der Waals surface area contributed by atoms with Gasteiger partial charge in [0.2, 0.25) is 5.91 Å². The normalized spacial score (nSPS) is 12.5. The molecule has 0 atom stereocenters. The van der Waals surface area contributed by atoms with Crippen molar-refractivity contribution in [3.8, 4) is 0 Å². The van der Waals surface area contributed by atoms with Crippen molar-refractivity contribution in [2.75, 3.05) is 18.1 Å². The summed E-state index contributed by atoms with van der Waals surface area (Å²) in [4.78, 5) is 11.0. The van der Waals surface area contributed by atoms with Crippen molar-refractivity contribution in [3.63, 3.8) is 0 Å². The minimum absolute atomic E-state index is 0.00620. The van der Waals surface area contributed by atoms with E-state index in [4.69, 9.17) is 5.73 Å². The molecule has 0 saturated carbocycles.